The molecule has 9 atom stereocenters. The van der Waals surface area contributed by atoms with Gasteiger partial charge in [0.15, 0.2) is 41.3 Å². The van der Waals surface area contributed by atoms with Crippen LogP contribution in [0.1, 0.15) is 25.8 Å². The summed E-state index contributed by atoms with van der Waals surface area (Å²) in [7, 11) is 0. The van der Waals surface area contributed by atoms with Gasteiger partial charge in [0, 0.05) is 6.42 Å². The molecule has 1 unspecified atom stereocenters. The summed E-state index contributed by atoms with van der Waals surface area (Å²) in [5.74, 6) is -0.112. The molecular weight excluding hydrogens is 630 g/mol. The molecule has 0 aromatic carbocycles. The number of halogens is 1. The van der Waals surface area contributed by atoms with E-state index in [0.29, 0.717) is 0 Å². The predicted molar refractivity (Wildman–Crippen MR) is 151 cm³/mol. The minimum atomic E-state index is -4.22. The highest BCUT2D eigenvalue weighted by atomic mass is 32.5. The normalized spacial score (nSPS) is 32.1. The summed E-state index contributed by atoms with van der Waals surface area (Å²) in [5.41, 5.74) is 9.81. The number of aromatic nitrogens is 8. The van der Waals surface area contributed by atoms with Gasteiger partial charge in [0.05, 0.1) is 31.5 Å². The SMILES string of the molecule is C[C@]1(CCOP(O)(=S)O[C@@H]2[C@H](F)[C@@H](CO)O[C@H]2n2cnc3c(=O)[nH]c(N)nc32)O[C@@H](n2cnc3c(N)ncnc32)[C@H](O)[C@@H]1O. The maximum atomic E-state index is 15.4. The number of nitrogens with one attached hydrogen (secondary N) is 1. The van der Waals surface area contributed by atoms with Crippen LogP contribution in [0.3, 0.4) is 0 Å². The molecule has 2 fully saturated rings. The number of nitrogens with zero attached hydrogens (tertiary/aromatic N) is 7. The van der Waals surface area contributed by atoms with Crippen molar-refractivity contribution < 1.29 is 43.1 Å². The van der Waals surface area contributed by atoms with Crippen molar-refractivity contribution in [2.45, 2.75) is 62.0 Å². The number of aromatic amines is 1. The number of anilines is 2. The number of ether oxygens (including phenoxy) is 2. The maximum Gasteiger partial charge on any atom is 0.325 e. The van der Waals surface area contributed by atoms with Crippen LogP contribution in [0, 0.1) is 0 Å². The van der Waals surface area contributed by atoms with E-state index in [1.165, 1.54) is 28.7 Å². The molecule has 2 aliphatic rings. The van der Waals surface area contributed by atoms with Gasteiger partial charge in [0.1, 0.15) is 36.3 Å². The van der Waals surface area contributed by atoms with Gasteiger partial charge in [-0.1, -0.05) is 0 Å². The molecule has 0 spiro atoms. The van der Waals surface area contributed by atoms with E-state index in [9.17, 15) is 25.0 Å². The minimum absolute atomic E-state index is 0.0592. The summed E-state index contributed by atoms with van der Waals surface area (Å²) in [6.45, 7) is -3.79. The third-order valence-corrected chi connectivity index (χ3v) is 9.16. The Kier molecular flexibility index (Phi) is 7.89. The molecule has 19 nitrogen and oxygen atoms in total. The lowest BCUT2D eigenvalue weighted by atomic mass is 9.94. The van der Waals surface area contributed by atoms with Gasteiger partial charge in [-0.05, 0) is 18.7 Å². The van der Waals surface area contributed by atoms with Gasteiger partial charge in [-0.15, -0.1) is 0 Å². The third-order valence-electron chi connectivity index (χ3n) is 7.57. The van der Waals surface area contributed by atoms with E-state index in [0.717, 1.165) is 6.33 Å². The van der Waals surface area contributed by atoms with Crippen LogP contribution >= 0.6 is 6.72 Å². The molecule has 4 aromatic rings. The Morgan fingerprint density at radius 1 is 1.16 bits per heavy atom. The van der Waals surface area contributed by atoms with E-state index in [1.807, 2.05) is 0 Å². The number of alkyl halides is 1. The fraction of sp³-hybridized carbons (Fsp3) is 0.545. The zero-order valence-electron chi connectivity index (χ0n) is 22.7. The highest BCUT2D eigenvalue weighted by Gasteiger charge is 2.53. The van der Waals surface area contributed by atoms with Gasteiger partial charge in [-0.3, -0.25) is 23.4 Å². The van der Waals surface area contributed by atoms with Gasteiger partial charge >= 0.3 is 6.72 Å². The van der Waals surface area contributed by atoms with Crippen molar-refractivity contribution in [3.8, 4) is 0 Å². The van der Waals surface area contributed by atoms with E-state index >= 15 is 4.39 Å². The second-order valence-electron chi connectivity index (χ2n) is 10.4. The van der Waals surface area contributed by atoms with Crippen LogP contribution in [0.2, 0.25) is 0 Å². The third kappa shape index (κ3) is 5.23. The summed E-state index contributed by atoms with van der Waals surface area (Å²) < 4.78 is 40.6. The number of fused-ring (bicyclic) bond motifs is 2. The Bertz CT molecular complexity index is 1810. The topological polar surface area (TPSA) is 277 Å². The quantitative estimate of drug-likeness (QED) is 0.0994. The standard InChI is InChI=1S/C22H28FN10O9PS/c1-22(14(36)12(35)19(41-22)32-6-28-10-15(24)26-5-27-16(10)32)2-3-39-43(38,44)42-13-9(23)8(4-34)40-20(13)33-7-29-11-17(33)30-21(25)31-18(11)37/h5-9,12-14,19-20,34-36H,2-4H2,1H3,(H,38,44)(H2,24,26,27)(H3,25,30,31,37)/t8-,9-,12-,13-,14+,19-,20-,22-,43?/m1/s1. The zero-order valence-corrected chi connectivity index (χ0v) is 24.5. The Morgan fingerprint density at radius 2 is 1.86 bits per heavy atom. The first-order valence-corrected chi connectivity index (χ1v) is 15.7. The summed E-state index contributed by atoms with van der Waals surface area (Å²) in [5, 5.41) is 31.3. The Hall–Kier alpha value is -3.24. The van der Waals surface area contributed by atoms with Crippen molar-refractivity contribution in [2.75, 3.05) is 24.7 Å². The van der Waals surface area contributed by atoms with E-state index in [2.05, 4.69) is 29.9 Å². The van der Waals surface area contributed by atoms with E-state index in [-0.39, 0.29) is 47.1 Å². The Morgan fingerprint density at radius 3 is 2.59 bits per heavy atom. The van der Waals surface area contributed by atoms with Gasteiger partial charge in [0.2, 0.25) is 5.95 Å². The Balaban J connectivity index is 1.16. The van der Waals surface area contributed by atoms with Crippen LogP contribution in [0.5, 0.6) is 0 Å². The first kappa shape index (κ1) is 30.8. The molecule has 22 heteroatoms. The van der Waals surface area contributed by atoms with Crippen molar-refractivity contribution in [2.24, 2.45) is 0 Å². The molecule has 2 aliphatic heterocycles. The average molecular weight is 659 g/mol. The number of aliphatic hydroxyl groups excluding tert-OH is 3. The van der Waals surface area contributed by atoms with Crippen LogP contribution in [0.4, 0.5) is 16.2 Å². The number of H-pyrrole nitrogens is 1. The molecule has 9 N–H and O–H groups in total. The largest absolute Gasteiger partial charge is 0.394 e. The summed E-state index contributed by atoms with van der Waals surface area (Å²) in [4.78, 5) is 45.5. The first-order chi connectivity index (χ1) is 20.8. The smallest absolute Gasteiger partial charge is 0.325 e. The molecular formula is C22H28FN10O9PS. The minimum Gasteiger partial charge on any atom is -0.394 e. The van der Waals surface area contributed by atoms with Gasteiger partial charge in [-0.2, -0.15) is 4.98 Å². The van der Waals surface area contributed by atoms with Crippen molar-refractivity contribution in [1.29, 1.82) is 0 Å². The molecule has 0 saturated carbocycles. The number of aliphatic hydroxyl groups is 3. The van der Waals surface area contributed by atoms with Crippen LogP contribution in [-0.4, -0.2) is 109 Å². The second-order valence-corrected chi connectivity index (χ2v) is 13.2. The average Bonchev–Trinajstić information content (AvgIpc) is 3.71. The zero-order chi connectivity index (χ0) is 31.6. The molecule has 0 amide bonds. The fourth-order valence-corrected chi connectivity index (χ4v) is 6.70. The van der Waals surface area contributed by atoms with Gasteiger partial charge in [0.25, 0.3) is 5.56 Å². The van der Waals surface area contributed by atoms with E-state index in [1.54, 1.807) is 0 Å². The van der Waals surface area contributed by atoms with Crippen LogP contribution in [-0.2, 0) is 30.3 Å². The number of rotatable bonds is 9. The molecule has 0 bridgehead atoms. The molecule has 4 aromatic heterocycles. The predicted octanol–water partition coefficient (Wildman–Crippen LogP) is -1.63. The lowest BCUT2D eigenvalue weighted by Gasteiger charge is -2.29. The number of nitrogen functional groups attached to an aromatic ring is 2. The van der Waals surface area contributed by atoms with Gasteiger partial charge < -0.3 is 45.7 Å². The van der Waals surface area contributed by atoms with Crippen molar-refractivity contribution >= 4 is 52.6 Å². The molecule has 6 rings (SSSR count). The highest BCUT2D eigenvalue weighted by molar-refractivity contribution is 8.07. The molecule has 0 radical (unpaired) electrons. The molecule has 238 valence electrons. The lowest BCUT2D eigenvalue weighted by Crippen LogP contribution is -2.41. The number of nitrogens with two attached hydrogens (primary N) is 2. The highest BCUT2D eigenvalue weighted by Crippen LogP contribution is 2.51. The summed E-state index contributed by atoms with van der Waals surface area (Å²) in [6, 6.07) is 0. The molecule has 0 aliphatic carbocycles. The van der Waals surface area contributed by atoms with Crippen molar-refractivity contribution in [3.05, 3.63) is 29.3 Å². The number of hydrogen-bond donors (Lipinski definition) is 7. The van der Waals surface area contributed by atoms with Gasteiger partial charge in [-0.25, -0.2) is 24.3 Å². The molecule has 6 heterocycles. The molecule has 2 saturated heterocycles. The van der Waals surface area contributed by atoms with Crippen molar-refractivity contribution in [3.63, 3.8) is 0 Å². The van der Waals surface area contributed by atoms with Crippen LogP contribution in [0.25, 0.3) is 22.3 Å². The van der Waals surface area contributed by atoms with Crippen molar-refractivity contribution in [1.82, 2.24) is 39.0 Å². The second kappa shape index (κ2) is 11.3. The fourth-order valence-electron chi connectivity index (χ4n) is 5.27. The van der Waals surface area contributed by atoms with E-state index in [4.69, 9.17) is 41.8 Å². The number of hydrogen-bond acceptors (Lipinski definition) is 16. The monoisotopic (exact) mass is 658 g/mol. The Labute approximate surface area is 250 Å². The summed E-state index contributed by atoms with van der Waals surface area (Å²) in [6.07, 6.45) is -6.71. The first-order valence-electron chi connectivity index (χ1n) is 13.1. The van der Waals surface area contributed by atoms with E-state index < -0.39 is 67.5 Å². The molecule has 44 heavy (non-hydrogen) atoms. The van der Waals surface area contributed by atoms with Crippen LogP contribution in [0.15, 0.2) is 23.8 Å². The van der Waals surface area contributed by atoms with Crippen LogP contribution < -0.4 is 17.0 Å². The maximum absolute atomic E-state index is 15.4. The number of imidazole rings is 2. The summed E-state index contributed by atoms with van der Waals surface area (Å²) >= 11 is 5.14. The lowest BCUT2D eigenvalue weighted by molar-refractivity contribution is -0.101.